The second-order valence-electron chi connectivity index (χ2n) is 4.82. The third kappa shape index (κ3) is 2.39. The van der Waals surface area contributed by atoms with Gasteiger partial charge in [0.25, 0.3) is 0 Å². The highest BCUT2D eigenvalue weighted by molar-refractivity contribution is 9.10. The second kappa shape index (κ2) is 4.22. The zero-order valence-electron chi connectivity index (χ0n) is 9.91. The molecule has 1 heterocycles. The van der Waals surface area contributed by atoms with Crippen LogP contribution in [0.15, 0.2) is 29.0 Å². The summed E-state index contributed by atoms with van der Waals surface area (Å²) in [5.74, 6) is 0.236. The van der Waals surface area contributed by atoms with Gasteiger partial charge >= 0.3 is 0 Å². The van der Waals surface area contributed by atoms with Crippen molar-refractivity contribution in [3.05, 3.63) is 34.8 Å². The van der Waals surface area contributed by atoms with Gasteiger partial charge in [0.05, 0.1) is 5.56 Å². The van der Waals surface area contributed by atoms with Gasteiger partial charge in [-0.05, 0) is 39.0 Å². The van der Waals surface area contributed by atoms with Crippen LogP contribution in [0, 0.1) is 5.82 Å². The van der Waals surface area contributed by atoms with Crippen molar-refractivity contribution < 1.29 is 4.39 Å². The summed E-state index contributed by atoms with van der Waals surface area (Å²) in [4.78, 5) is 0. The summed E-state index contributed by atoms with van der Waals surface area (Å²) in [6.07, 6.45) is 1.62. The Hall–Kier alpha value is -1.23. The van der Waals surface area contributed by atoms with Crippen molar-refractivity contribution in [2.75, 3.05) is 0 Å². The van der Waals surface area contributed by atoms with Crippen LogP contribution in [0.3, 0.4) is 0 Å². The van der Waals surface area contributed by atoms with Crippen molar-refractivity contribution in [2.45, 2.75) is 26.3 Å². The number of aromatic nitrogens is 3. The SMILES string of the molecule is CC(C)(C)n1cnnc1-c1ccc(Br)cc1F. The van der Waals surface area contributed by atoms with Crippen molar-refractivity contribution in [1.29, 1.82) is 0 Å². The Morgan fingerprint density at radius 1 is 1.29 bits per heavy atom. The molecule has 0 N–H and O–H groups in total. The molecule has 0 bridgehead atoms. The van der Waals surface area contributed by atoms with E-state index < -0.39 is 0 Å². The molecule has 17 heavy (non-hydrogen) atoms. The number of rotatable bonds is 1. The van der Waals surface area contributed by atoms with Gasteiger partial charge < -0.3 is 4.57 Å². The van der Waals surface area contributed by atoms with E-state index in [9.17, 15) is 4.39 Å². The Bertz CT molecular complexity index is 543. The highest BCUT2D eigenvalue weighted by Gasteiger charge is 2.20. The van der Waals surface area contributed by atoms with E-state index in [-0.39, 0.29) is 11.4 Å². The molecule has 5 heteroatoms. The predicted molar refractivity (Wildman–Crippen MR) is 68.1 cm³/mol. The first-order chi connectivity index (χ1) is 7.89. The topological polar surface area (TPSA) is 30.7 Å². The molecule has 3 nitrogen and oxygen atoms in total. The average Bonchev–Trinajstić information content (AvgIpc) is 2.65. The minimum atomic E-state index is -0.308. The fraction of sp³-hybridized carbons (Fsp3) is 0.333. The summed E-state index contributed by atoms with van der Waals surface area (Å²) in [6.45, 7) is 6.07. The number of hydrogen-bond acceptors (Lipinski definition) is 2. The fourth-order valence-electron chi connectivity index (χ4n) is 1.58. The Balaban J connectivity index is 2.58. The highest BCUT2D eigenvalue weighted by Crippen LogP contribution is 2.27. The lowest BCUT2D eigenvalue weighted by Crippen LogP contribution is -2.22. The molecular weight excluding hydrogens is 285 g/mol. The Labute approximate surface area is 108 Å². The van der Waals surface area contributed by atoms with Crippen molar-refractivity contribution in [1.82, 2.24) is 14.8 Å². The molecule has 0 fully saturated rings. The lowest BCUT2D eigenvalue weighted by atomic mass is 10.1. The van der Waals surface area contributed by atoms with Gasteiger partial charge in [0.1, 0.15) is 12.1 Å². The van der Waals surface area contributed by atoms with Gasteiger partial charge in [-0.2, -0.15) is 0 Å². The van der Waals surface area contributed by atoms with E-state index >= 15 is 0 Å². The number of benzene rings is 1. The molecule has 0 amide bonds. The van der Waals surface area contributed by atoms with Gasteiger partial charge in [-0.15, -0.1) is 10.2 Å². The summed E-state index contributed by atoms with van der Waals surface area (Å²) < 4.78 is 16.4. The van der Waals surface area contributed by atoms with Gasteiger partial charge in [-0.3, -0.25) is 0 Å². The van der Waals surface area contributed by atoms with Crippen LogP contribution in [0.2, 0.25) is 0 Å². The highest BCUT2D eigenvalue weighted by atomic mass is 79.9. The summed E-state index contributed by atoms with van der Waals surface area (Å²) >= 11 is 3.23. The largest absolute Gasteiger partial charge is 0.308 e. The van der Waals surface area contributed by atoms with Crippen LogP contribution in [-0.4, -0.2) is 14.8 Å². The Morgan fingerprint density at radius 3 is 2.59 bits per heavy atom. The molecule has 1 aromatic heterocycles. The van der Waals surface area contributed by atoms with E-state index in [0.29, 0.717) is 15.9 Å². The maximum absolute atomic E-state index is 13.9. The molecule has 0 atom stereocenters. The van der Waals surface area contributed by atoms with E-state index in [4.69, 9.17) is 0 Å². The first kappa shape index (κ1) is 12.2. The molecule has 0 unspecified atom stereocenters. The maximum atomic E-state index is 13.9. The molecule has 0 radical (unpaired) electrons. The third-order valence-electron chi connectivity index (χ3n) is 2.44. The Morgan fingerprint density at radius 2 is 2.00 bits per heavy atom. The molecule has 2 rings (SSSR count). The summed E-state index contributed by atoms with van der Waals surface area (Å²) in [7, 11) is 0. The summed E-state index contributed by atoms with van der Waals surface area (Å²) in [5.41, 5.74) is 0.277. The molecule has 0 aliphatic rings. The minimum Gasteiger partial charge on any atom is -0.308 e. The lowest BCUT2D eigenvalue weighted by molar-refractivity contribution is 0.399. The minimum absolute atomic E-state index is 0.182. The van der Waals surface area contributed by atoms with E-state index in [1.54, 1.807) is 18.5 Å². The third-order valence-corrected chi connectivity index (χ3v) is 2.94. The van der Waals surface area contributed by atoms with Crippen molar-refractivity contribution in [2.24, 2.45) is 0 Å². The van der Waals surface area contributed by atoms with Crippen molar-refractivity contribution in [3.63, 3.8) is 0 Å². The van der Waals surface area contributed by atoms with Gasteiger partial charge in [-0.25, -0.2) is 4.39 Å². The van der Waals surface area contributed by atoms with E-state index in [1.807, 2.05) is 25.3 Å². The van der Waals surface area contributed by atoms with Crippen LogP contribution < -0.4 is 0 Å². The molecule has 0 aliphatic heterocycles. The zero-order valence-corrected chi connectivity index (χ0v) is 11.5. The molecule has 0 spiro atoms. The van der Waals surface area contributed by atoms with Gasteiger partial charge in [-0.1, -0.05) is 15.9 Å². The molecule has 1 aromatic carbocycles. The van der Waals surface area contributed by atoms with Crippen LogP contribution in [0.4, 0.5) is 4.39 Å². The Kier molecular flexibility index (Phi) is 3.03. The number of halogens is 2. The zero-order chi connectivity index (χ0) is 12.6. The van der Waals surface area contributed by atoms with Crippen LogP contribution in [0.5, 0.6) is 0 Å². The van der Waals surface area contributed by atoms with Crippen LogP contribution >= 0.6 is 15.9 Å². The molecule has 0 saturated heterocycles. The summed E-state index contributed by atoms with van der Waals surface area (Å²) in [5, 5.41) is 7.86. The lowest BCUT2D eigenvalue weighted by Gasteiger charge is -2.22. The van der Waals surface area contributed by atoms with E-state index in [1.165, 1.54) is 6.07 Å². The average molecular weight is 298 g/mol. The predicted octanol–water partition coefficient (Wildman–Crippen LogP) is 3.60. The first-order valence-electron chi connectivity index (χ1n) is 5.25. The van der Waals surface area contributed by atoms with Crippen LogP contribution in [0.1, 0.15) is 20.8 Å². The van der Waals surface area contributed by atoms with Gasteiger partial charge in [0.15, 0.2) is 5.82 Å². The maximum Gasteiger partial charge on any atom is 0.167 e. The molecule has 0 saturated carbocycles. The molecular formula is C12H13BrFN3. The van der Waals surface area contributed by atoms with Crippen molar-refractivity contribution >= 4 is 15.9 Å². The van der Waals surface area contributed by atoms with Crippen molar-refractivity contribution in [3.8, 4) is 11.4 Å². The molecule has 0 aliphatic carbocycles. The van der Waals surface area contributed by atoms with E-state index in [2.05, 4.69) is 26.1 Å². The first-order valence-corrected chi connectivity index (χ1v) is 6.05. The second-order valence-corrected chi connectivity index (χ2v) is 5.74. The van der Waals surface area contributed by atoms with Gasteiger partial charge in [0.2, 0.25) is 0 Å². The smallest absolute Gasteiger partial charge is 0.167 e. The standard InChI is InChI=1S/C12H13BrFN3/c1-12(2,3)17-7-15-16-11(17)9-5-4-8(13)6-10(9)14/h4-7H,1-3H3. The van der Waals surface area contributed by atoms with Crippen LogP contribution in [-0.2, 0) is 5.54 Å². The monoisotopic (exact) mass is 297 g/mol. The molecule has 90 valence electrons. The summed E-state index contributed by atoms with van der Waals surface area (Å²) in [6, 6.07) is 4.92. The molecule has 2 aromatic rings. The van der Waals surface area contributed by atoms with Crippen LogP contribution in [0.25, 0.3) is 11.4 Å². The van der Waals surface area contributed by atoms with E-state index in [0.717, 1.165) is 0 Å². The number of hydrogen-bond donors (Lipinski definition) is 0. The number of nitrogens with zero attached hydrogens (tertiary/aromatic N) is 3. The fourth-order valence-corrected chi connectivity index (χ4v) is 1.91. The van der Waals surface area contributed by atoms with Gasteiger partial charge in [0, 0.05) is 10.0 Å². The quantitative estimate of drug-likeness (QED) is 0.805. The normalized spacial score (nSPS) is 11.8.